The fraction of sp³-hybridized carbons (Fsp3) is 0. The van der Waals surface area contributed by atoms with E-state index < -0.39 is 5.97 Å². The van der Waals surface area contributed by atoms with E-state index in [9.17, 15) is 4.79 Å². The van der Waals surface area contributed by atoms with Crippen molar-refractivity contribution in [2.75, 3.05) is 0 Å². The van der Waals surface area contributed by atoms with Crippen LogP contribution < -0.4 is 0 Å². The largest absolute Gasteiger partial charge is 0.508 e. The number of para-hydroxylation sites is 1. The molecule has 4 heteroatoms. The minimum absolute atomic E-state index is 0.0671. The van der Waals surface area contributed by atoms with Gasteiger partial charge >= 0.3 is 5.97 Å². The first kappa shape index (κ1) is 14.4. The Morgan fingerprint density at radius 3 is 2.00 bits per heavy atom. The average Bonchev–Trinajstić information content (AvgIpc) is 2.48. The number of aromatic carboxylic acids is 1. The Balaban J connectivity index is 0.000000155. The first-order chi connectivity index (χ1) is 10.1. The maximum absolute atomic E-state index is 10.3. The van der Waals surface area contributed by atoms with Crippen molar-refractivity contribution < 1.29 is 20.1 Å². The molecule has 3 aromatic carbocycles. The maximum atomic E-state index is 10.3. The lowest BCUT2D eigenvalue weighted by molar-refractivity contribution is 0.0693. The molecule has 106 valence electrons. The molecule has 0 spiro atoms. The van der Waals surface area contributed by atoms with Gasteiger partial charge in [0.25, 0.3) is 0 Å². The van der Waals surface area contributed by atoms with Gasteiger partial charge < -0.3 is 15.3 Å². The lowest BCUT2D eigenvalue weighted by Crippen LogP contribution is -1.95. The monoisotopic (exact) mass is 282 g/mol. The molecule has 0 heterocycles. The summed E-state index contributed by atoms with van der Waals surface area (Å²) < 4.78 is 0. The van der Waals surface area contributed by atoms with Gasteiger partial charge in [-0.3, -0.25) is 0 Å². The van der Waals surface area contributed by atoms with Gasteiger partial charge in [-0.2, -0.15) is 0 Å². The number of hydrogen-bond donors (Lipinski definition) is 3. The molecular weight excluding hydrogens is 268 g/mol. The van der Waals surface area contributed by atoms with Gasteiger partial charge in [0.2, 0.25) is 0 Å². The predicted molar refractivity (Wildman–Crippen MR) is 80.7 cm³/mol. The van der Waals surface area contributed by atoms with Crippen molar-refractivity contribution in [2.24, 2.45) is 0 Å². The molecule has 4 nitrogen and oxygen atoms in total. The number of phenolic OH excluding ortho intramolecular Hbond substituents is 1. The number of rotatable bonds is 1. The average molecular weight is 282 g/mol. The summed E-state index contributed by atoms with van der Waals surface area (Å²) in [7, 11) is 0. The van der Waals surface area contributed by atoms with E-state index in [1.54, 1.807) is 24.3 Å². The number of carboxylic acids is 1. The van der Waals surface area contributed by atoms with E-state index in [1.165, 1.54) is 12.1 Å². The second-order valence-corrected chi connectivity index (χ2v) is 4.35. The molecule has 0 unspecified atom stereocenters. The third kappa shape index (κ3) is 3.73. The van der Waals surface area contributed by atoms with Crippen molar-refractivity contribution in [1.82, 2.24) is 0 Å². The molecule has 3 N–H and O–H groups in total. The summed E-state index contributed by atoms with van der Waals surface area (Å²) in [6.07, 6.45) is 0. The van der Waals surface area contributed by atoms with Crippen molar-refractivity contribution in [1.29, 1.82) is 0 Å². The fourth-order valence-electron chi connectivity index (χ4n) is 1.83. The minimum atomic E-state index is -1.11. The van der Waals surface area contributed by atoms with E-state index in [4.69, 9.17) is 15.3 Å². The molecule has 3 rings (SSSR count). The summed E-state index contributed by atoms with van der Waals surface area (Å²) >= 11 is 0. The van der Waals surface area contributed by atoms with Crippen molar-refractivity contribution >= 4 is 16.7 Å². The smallest absolute Gasteiger partial charge is 0.339 e. The molecule has 0 aromatic heterocycles. The van der Waals surface area contributed by atoms with Gasteiger partial charge in [0.05, 0.1) is 0 Å². The van der Waals surface area contributed by atoms with Crippen molar-refractivity contribution in [3.8, 4) is 11.5 Å². The van der Waals surface area contributed by atoms with Crippen LogP contribution in [0.3, 0.4) is 0 Å². The van der Waals surface area contributed by atoms with Crippen LogP contribution in [-0.2, 0) is 0 Å². The molecule has 0 aliphatic carbocycles. The second kappa shape index (κ2) is 6.43. The molecular formula is C17H14O4. The zero-order chi connectivity index (χ0) is 15.2. The van der Waals surface area contributed by atoms with Crippen LogP contribution in [0.4, 0.5) is 0 Å². The number of hydrogen-bond acceptors (Lipinski definition) is 3. The Bertz CT molecular complexity index is 765. The van der Waals surface area contributed by atoms with E-state index in [0.29, 0.717) is 5.75 Å². The summed E-state index contributed by atoms with van der Waals surface area (Å²) in [5.74, 6) is -0.989. The molecule has 3 aromatic rings. The van der Waals surface area contributed by atoms with Crippen LogP contribution in [-0.4, -0.2) is 21.3 Å². The Morgan fingerprint density at radius 1 is 0.762 bits per heavy atom. The number of carbonyl (C=O) groups is 1. The first-order valence-corrected chi connectivity index (χ1v) is 6.27. The molecule has 0 aliphatic heterocycles. The summed E-state index contributed by atoms with van der Waals surface area (Å²) in [5.41, 5.74) is -0.0671. The van der Waals surface area contributed by atoms with E-state index in [1.807, 2.05) is 30.3 Å². The van der Waals surface area contributed by atoms with Crippen molar-refractivity contribution in [2.45, 2.75) is 0 Å². The highest BCUT2D eigenvalue weighted by Gasteiger charge is 2.05. The van der Waals surface area contributed by atoms with Gasteiger partial charge in [0, 0.05) is 0 Å². The fourth-order valence-corrected chi connectivity index (χ4v) is 1.83. The van der Waals surface area contributed by atoms with E-state index in [-0.39, 0.29) is 11.3 Å². The van der Waals surface area contributed by atoms with Crippen LogP contribution in [0.5, 0.6) is 11.5 Å². The summed E-state index contributed by atoms with van der Waals surface area (Å²) in [4.78, 5) is 10.3. The Kier molecular flexibility index (Phi) is 4.41. The van der Waals surface area contributed by atoms with Crippen LogP contribution in [0.2, 0.25) is 0 Å². The van der Waals surface area contributed by atoms with Crippen LogP contribution in [0.15, 0.2) is 66.7 Å². The number of aromatic hydroxyl groups is 2. The molecule has 0 amide bonds. The Morgan fingerprint density at radius 2 is 1.38 bits per heavy atom. The van der Waals surface area contributed by atoms with Gasteiger partial charge in [-0.1, -0.05) is 42.5 Å². The first-order valence-electron chi connectivity index (χ1n) is 6.27. The Labute approximate surface area is 121 Å². The maximum Gasteiger partial charge on any atom is 0.339 e. The van der Waals surface area contributed by atoms with Gasteiger partial charge in [-0.15, -0.1) is 0 Å². The van der Waals surface area contributed by atoms with Crippen LogP contribution >= 0.6 is 0 Å². The topological polar surface area (TPSA) is 77.8 Å². The molecule has 0 saturated heterocycles. The minimum Gasteiger partial charge on any atom is -0.508 e. The summed E-state index contributed by atoms with van der Waals surface area (Å²) in [5, 5.41) is 28.7. The van der Waals surface area contributed by atoms with E-state index in [2.05, 4.69) is 0 Å². The molecule has 0 saturated carbocycles. The predicted octanol–water partition coefficient (Wildman–Crippen LogP) is 3.64. The highest BCUT2D eigenvalue weighted by Crippen LogP contribution is 2.18. The van der Waals surface area contributed by atoms with Crippen LogP contribution in [0.25, 0.3) is 10.8 Å². The SMILES string of the molecule is O=C(O)c1ccccc1O.Oc1ccc2ccccc2c1. The lowest BCUT2D eigenvalue weighted by Gasteiger charge is -1.96. The van der Waals surface area contributed by atoms with Crippen molar-refractivity contribution in [3.05, 3.63) is 72.3 Å². The zero-order valence-electron chi connectivity index (χ0n) is 11.1. The van der Waals surface area contributed by atoms with Crippen LogP contribution in [0.1, 0.15) is 10.4 Å². The molecule has 21 heavy (non-hydrogen) atoms. The molecule has 0 aliphatic rings. The third-order valence-electron chi connectivity index (χ3n) is 2.87. The summed E-state index contributed by atoms with van der Waals surface area (Å²) in [6.45, 7) is 0. The lowest BCUT2D eigenvalue weighted by atomic mass is 10.1. The van der Waals surface area contributed by atoms with Gasteiger partial charge in [-0.05, 0) is 35.0 Å². The molecule has 0 bridgehead atoms. The number of phenols is 2. The van der Waals surface area contributed by atoms with Crippen LogP contribution in [0, 0.1) is 0 Å². The van der Waals surface area contributed by atoms with E-state index >= 15 is 0 Å². The highest BCUT2D eigenvalue weighted by molar-refractivity contribution is 5.90. The third-order valence-corrected chi connectivity index (χ3v) is 2.87. The quantitative estimate of drug-likeness (QED) is 0.637. The highest BCUT2D eigenvalue weighted by atomic mass is 16.4. The summed E-state index contributed by atoms with van der Waals surface area (Å²) in [6, 6.07) is 19.1. The molecule has 0 atom stereocenters. The van der Waals surface area contributed by atoms with Gasteiger partial charge in [0.15, 0.2) is 0 Å². The van der Waals surface area contributed by atoms with Gasteiger partial charge in [0.1, 0.15) is 17.1 Å². The number of carboxylic acid groups (broad SMARTS) is 1. The number of benzene rings is 3. The normalized spacial score (nSPS) is 9.71. The molecule has 0 radical (unpaired) electrons. The second-order valence-electron chi connectivity index (χ2n) is 4.35. The molecule has 0 fully saturated rings. The number of fused-ring (bicyclic) bond motifs is 1. The van der Waals surface area contributed by atoms with Crippen molar-refractivity contribution in [3.63, 3.8) is 0 Å². The van der Waals surface area contributed by atoms with Gasteiger partial charge in [-0.25, -0.2) is 4.79 Å². The zero-order valence-corrected chi connectivity index (χ0v) is 11.1. The van der Waals surface area contributed by atoms with E-state index in [0.717, 1.165) is 10.8 Å². The Hall–Kier alpha value is -3.01. The standard InChI is InChI=1S/C10H8O.C7H6O3/c11-10-6-5-8-3-1-2-4-9(8)7-10;8-6-4-2-1-3-5(6)7(9)10/h1-7,11H;1-4,8H,(H,9,10).